The lowest BCUT2D eigenvalue weighted by atomic mass is 9.82. The Balaban J connectivity index is 2.13. The SMILES string of the molecule is CNC(c1cnccc1C)C1CCCCCCC1. The normalized spacial score (nSPS) is 20.1. The van der Waals surface area contributed by atoms with Gasteiger partial charge < -0.3 is 5.32 Å². The van der Waals surface area contributed by atoms with E-state index in [-0.39, 0.29) is 0 Å². The van der Waals surface area contributed by atoms with E-state index in [1.165, 1.54) is 56.1 Å². The van der Waals surface area contributed by atoms with E-state index >= 15 is 0 Å². The summed E-state index contributed by atoms with van der Waals surface area (Å²) in [4.78, 5) is 4.31. The van der Waals surface area contributed by atoms with Gasteiger partial charge in [0.25, 0.3) is 0 Å². The maximum absolute atomic E-state index is 4.31. The molecule has 0 aliphatic heterocycles. The van der Waals surface area contributed by atoms with Crippen molar-refractivity contribution in [2.45, 2.75) is 57.9 Å². The van der Waals surface area contributed by atoms with Gasteiger partial charge in [0.15, 0.2) is 0 Å². The average molecular weight is 246 g/mol. The lowest BCUT2D eigenvalue weighted by Crippen LogP contribution is -2.26. The first kappa shape index (κ1) is 13.5. The largest absolute Gasteiger partial charge is 0.313 e. The Bertz CT molecular complexity index is 354. The van der Waals surface area contributed by atoms with Crippen molar-refractivity contribution < 1.29 is 0 Å². The van der Waals surface area contributed by atoms with E-state index in [0.29, 0.717) is 6.04 Å². The molecule has 100 valence electrons. The van der Waals surface area contributed by atoms with Crippen LogP contribution in [0, 0.1) is 12.8 Å². The Kier molecular flexibility index (Phi) is 5.18. The Morgan fingerprint density at radius 3 is 2.44 bits per heavy atom. The smallest absolute Gasteiger partial charge is 0.0364 e. The summed E-state index contributed by atoms with van der Waals surface area (Å²) in [6.45, 7) is 2.20. The molecule has 0 radical (unpaired) electrons. The summed E-state index contributed by atoms with van der Waals surface area (Å²) in [5.74, 6) is 0.776. The molecule has 1 N–H and O–H groups in total. The standard InChI is InChI=1S/C16H26N2/c1-13-10-11-18-12-15(13)16(17-2)14-8-6-4-3-5-7-9-14/h10-12,14,16-17H,3-9H2,1-2H3. The minimum atomic E-state index is 0.483. The number of pyridine rings is 1. The Morgan fingerprint density at radius 2 is 1.83 bits per heavy atom. The van der Waals surface area contributed by atoms with Crippen molar-refractivity contribution in [3.63, 3.8) is 0 Å². The van der Waals surface area contributed by atoms with E-state index in [0.717, 1.165) is 5.92 Å². The average Bonchev–Trinajstić information content (AvgIpc) is 2.34. The van der Waals surface area contributed by atoms with E-state index in [4.69, 9.17) is 0 Å². The van der Waals surface area contributed by atoms with E-state index in [2.05, 4.69) is 36.5 Å². The lowest BCUT2D eigenvalue weighted by Gasteiger charge is -2.29. The van der Waals surface area contributed by atoms with Gasteiger partial charge in [0.1, 0.15) is 0 Å². The van der Waals surface area contributed by atoms with Crippen LogP contribution in [0.25, 0.3) is 0 Å². The third-order valence-corrected chi connectivity index (χ3v) is 4.35. The molecule has 0 spiro atoms. The molecule has 0 amide bonds. The second-order valence-electron chi connectivity index (χ2n) is 5.60. The fourth-order valence-electron chi connectivity index (χ4n) is 3.27. The highest BCUT2D eigenvalue weighted by atomic mass is 14.9. The molecule has 1 heterocycles. The molecule has 1 atom stereocenters. The quantitative estimate of drug-likeness (QED) is 0.871. The van der Waals surface area contributed by atoms with Crippen LogP contribution in [0.15, 0.2) is 18.5 Å². The molecule has 1 fully saturated rings. The third kappa shape index (κ3) is 3.32. The number of nitrogens with zero attached hydrogens (tertiary/aromatic N) is 1. The number of rotatable bonds is 3. The number of nitrogens with one attached hydrogen (secondary N) is 1. The van der Waals surface area contributed by atoms with Crippen LogP contribution in [-0.2, 0) is 0 Å². The molecule has 2 nitrogen and oxygen atoms in total. The summed E-state index contributed by atoms with van der Waals surface area (Å²) < 4.78 is 0. The van der Waals surface area contributed by atoms with E-state index in [1.807, 2.05) is 6.20 Å². The zero-order chi connectivity index (χ0) is 12.8. The van der Waals surface area contributed by atoms with Gasteiger partial charge in [-0.05, 0) is 49.9 Å². The highest BCUT2D eigenvalue weighted by Gasteiger charge is 2.23. The van der Waals surface area contributed by atoms with Gasteiger partial charge >= 0.3 is 0 Å². The zero-order valence-corrected chi connectivity index (χ0v) is 11.8. The van der Waals surface area contributed by atoms with Crippen LogP contribution in [0.5, 0.6) is 0 Å². The van der Waals surface area contributed by atoms with Crippen LogP contribution in [0.4, 0.5) is 0 Å². The van der Waals surface area contributed by atoms with Crippen molar-refractivity contribution in [2.24, 2.45) is 5.92 Å². The molecule has 18 heavy (non-hydrogen) atoms. The van der Waals surface area contributed by atoms with Gasteiger partial charge in [-0.1, -0.05) is 32.1 Å². The monoisotopic (exact) mass is 246 g/mol. The van der Waals surface area contributed by atoms with Crippen LogP contribution in [0.3, 0.4) is 0 Å². The highest BCUT2D eigenvalue weighted by molar-refractivity contribution is 5.25. The first-order valence-corrected chi connectivity index (χ1v) is 7.40. The molecule has 1 aliphatic rings. The lowest BCUT2D eigenvalue weighted by molar-refractivity contribution is 0.298. The van der Waals surface area contributed by atoms with Crippen LogP contribution < -0.4 is 5.32 Å². The van der Waals surface area contributed by atoms with E-state index in [1.54, 1.807) is 0 Å². The molecule has 2 heteroatoms. The van der Waals surface area contributed by atoms with Crippen molar-refractivity contribution in [2.75, 3.05) is 7.05 Å². The number of aryl methyl sites for hydroxylation is 1. The third-order valence-electron chi connectivity index (χ3n) is 4.35. The fourth-order valence-corrected chi connectivity index (χ4v) is 3.27. The minimum Gasteiger partial charge on any atom is -0.313 e. The number of hydrogen-bond donors (Lipinski definition) is 1. The molecule has 2 rings (SSSR count). The molecular weight excluding hydrogens is 220 g/mol. The highest BCUT2D eigenvalue weighted by Crippen LogP contribution is 2.33. The number of hydrogen-bond acceptors (Lipinski definition) is 2. The molecule has 1 aromatic rings. The van der Waals surface area contributed by atoms with Gasteiger partial charge in [-0.25, -0.2) is 0 Å². The first-order valence-electron chi connectivity index (χ1n) is 7.40. The minimum absolute atomic E-state index is 0.483. The fraction of sp³-hybridized carbons (Fsp3) is 0.688. The summed E-state index contributed by atoms with van der Waals surface area (Å²) in [6, 6.07) is 2.61. The van der Waals surface area contributed by atoms with Gasteiger partial charge in [-0.15, -0.1) is 0 Å². The van der Waals surface area contributed by atoms with Crippen LogP contribution in [0.1, 0.15) is 62.1 Å². The molecule has 1 unspecified atom stereocenters. The van der Waals surface area contributed by atoms with Crippen molar-refractivity contribution in [3.05, 3.63) is 29.6 Å². The summed E-state index contributed by atoms with van der Waals surface area (Å²) in [5, 5.41) is 3.54. The number of aromatic nitrogens is 1. The van der Waals surface area contributed by atoms with Crippen molar-refractivity contribution in [3.8, 4) is 0 Å². The van der Waals surface area contributed by atoms with Crippen molar-refractivity contribution in [1.29, 1.82) is 0 Å². The van der Waals surface area contributed by atoms with Gasteiger partial charge in [-0.2, -0.15) is 0 Å². The summed E-state index contributed by atoms with van der Waals surface area (Å²) in [6.07, 6.45) is 13.7. The van der Waals surface area contributed by atoms with E-state index in [9.17, 15) is 0 Å². The van der Waals surface area contributed by atoms with Gasteiger partial charge in [0.05, 0.1) is 0 Å². The first-order chi connectivity index (χ1) is 8.83. The molecule has 0 saturated heterocycles. The molecular formula is C16H26N2. The van der Waals surface area contributed by atoms with Crippen molar-refractivity contribution in [1.82, 2.24) is 10.3 Å². The second-order valence-corrected chi connectivity index (χ2v) is 5.60. The Hall–Kier alpha value is -0.890. The van der Waals surface area contributed by atoms with Crippen LogP contribution >= 0.6 is 0 Å². The molecule has 1 saturated carbocycles. The predicted molar refractivity (Wildman–Crippen MR) is 76.6 cm³/mol. The molecule has 1 aromatic heterocycles. The van der Waals surface area contributed by atoms with Crippen LogP contribution in [0.2, 0.25) is 0 Å². The van der Waals surface area contributed by atoms with Gasteiger partial charge in [-0.3, -0.25) is 4.98 Å². The zero-order valence-electron chi connectivity index (χ0n) is 11.8. The Labute approximate surface area is 111 Å². The van der Waals surface area contributed by atoms with Crippen LogP contribution in [-0.4, -0.2) is 12.0 Å². The predicted octanol–water partition coefficient (Wildman–Crippen LogP) is 4.01. The van der Waals surface area contributed by atoms with Gasteiger partial charge in [0, 0.05) is 18.4 Å². The summed E-state index contributed by atoms with van der Waals surface area (Å²) >= 11 is 0. The summed E-state index contributed by atoms with van der Waals surface area (Å²) in [7, 11) is 2.09. The van der Waals surface area contributed by atoms with Crippen molar-refractivity contribution >= 4 is 0 Å². The second kappa shape index (κ2) is 6.89. The summed E-state index contributed by atoms with van der Waals surface area (Å²) in [5.41, 5.74) is 2.76. The molecule has 0 bridgehead atoms. The maximum Gasteiger partial charge on any atom is 0.0364 e. The topological polar surface area (TPSA) is 24.9 Å². The van der Waals surface area contributed by atoms with Gasteiger partial charge in [0.2, 0.25) is 0 Å². The van der Waals surface area contributed by atoms with E-state index < -0.39 is 0 Å². The Morgan fingerprint density at radius 1 is 1.17 bits per heavy atom. The molecule has 1 aliphatic carbocycles. The molecule has 0 aromatic carbocycles. The maximum atomic E-state index is 4.31.